The van der Waals surface area contributed by atoms with Gasteiger partial charge >= 0.3 is 0 Å². The largest absolute Gasteiger partial charge is 0.496 e. The Morgan fingerprint density at radius 3 is 2.78 bits per heavy atom. The number of benzene rings is 1. The van der Waals surface area contributed by atoms with E-state index in [2.05, 4.69) is 54.3 Å². The number of hydrazone groups is 1. The number of nitrogens with one attached hydrogen (secondary N) is 1. The summed E-state index contributed by atoms with van der Waals surface area (Å²) in [7, 11) is 3.70. The van der Waals surface area contributed by atoms with Crippen LogP contribution >= 0.6 is 0 Å². The van der Waals surface area contributed by atoms with E-state index in [-0.39, 0.29) is 11.4 Å². The van der Waals surface area contributed by atoms with Gasteiger partial charge in [0.1, 0.15) is 11.4 Å². The standard InChI is InChI=1S/C21H24N4O2/c1-14-12-21(2,3)25(4)18-11-19(27-5)15(10-16(14)18)13-23-24-20(26)17-8-6-7-9-22-17/h6-13H,1-5H3,(H,24,26)/b23-13-. The maximum absolute atomic E-state index is 12.1. The number of ether oxygens (including phenoxy) is 1. The van der Waals surface area contributed by atoms with Gasteiger partial charge in [0.25, 0.3) is 5.91 Å². The van der Waals surface area contributed by atoms with Crippen LogP contribution in [0.5, 0.6) is 5.75 Å². The van der Waals surface area contributed by atoms with Gasteiger partial charge < -0.3 is 9.64 Å². The van der Waals surface area contributed by atoms with Crippen molar-refractivity contribution >= 4 is 23.4 Å². The number of carbonyl (C=O) groups excluding carboxylic acids is 1. The number of fused-ring (bicyclic) bond motifs is 1. The number of anilines is 1. The Morgan fingerprint density at radius 1 is 1.33 bits per heavy atom. The molecule has 6 heteroatoms. The van der Waals surface area contributed by atoms with Crippen molar-refractivity contribution in [2.24, 2.45) is 5.10 Å². The minimum Gasteiger partial charge on any atom is -0.496 e. The van der Waals surface area contributed by atoms with Gasteiger partial charge in [-0.15, -0.1) is 0 Å². The molecule has 27 heavy (non-hydrogen) atoms. The van der Waals surface area contributed by atoms with E-state index < -0.39 is 0 Å². The summed E-state index contributed by atoms with van der Waals surface area (Å²) in [5, 5.41) is 4.07. The quantitative estimate of drug-likeness (QED) is 0.666. The second kappa shape index (κ2) is 7.23. The highest BCUT2D eigenvalue weighted by molar-refractivity contribution is 5.94. The summed E-state index contributed by atoms with van der Waals surface area (Å²) in [6.45, 7) is 6.45. The van der Waals surface area contributed by atoms with Crippen LogP contribution in [0.4, 0.5) is 5.69 Å². The van der Waals surface area contributed by atoms with Gasteiger partial charge in [0, 0.05) is 36.1 Å². The molecular formula is C21H24N4O2. The average Bonchev–Trinajstić information content (AvgIpc) is 2.66. The highest BCUT2D eigenvalue weighted by Gasteiger charge is 2.29. The summed E-state index contributed by atoms with van der Waals surface area (Å²) in [6.07, 6.45) is 5.40. The fourth-order valence-electron chi connectivity index (χ4n) is 3.19. The molecular weight excluding hydrogens is 340 g/mol. The molecule has 0 radical (unpaired) electrons. The normalized spacial score (nSPS) is 15.3. The molecule has 1 aromatic heterocycles. The number of amides is 1. The average molecular weight is 364 g/mol. The molecule has 1 aliphatic rings. The fraction of sp³-hybridized carbons (Fsp3) is 0.286. The predicted molar refractivity (Wildman–Crippen MR) is 108 cm³/mol. The van der Waals surface area contributed by atoms with E-state index in [0.717, 1.165) is 16.8 Å². The van der Waals surface area contributed by atoms with Crippen molar-refractivity contribution in [2.45, 2.75) is 26.3 Å². The Morgan fingerprint density at radius 2 is 2.11 bits per heavy atom. The molecule has 1 aromatic carbocycles. The molecule has 2 heterocycles. The number of aromatic nitrogens is 1. The second-order valence-corrected chi connectivity index (χ2v) is 7.07. The lowest BCUT2D eigenvalue weighted by atomic mass is 9.88. The molecule has 0 saturated carbocycles. The number of nitrogens with zero attached hydrogens (tertiary/aromatic N) is 3. The zero-order valence-electron chi connectivity index (χ0n) is 16.3. The van der Waals surface area contributed by atoms with Gasteiger partial charge in [-0.2, -0.15) is 5.10 Å². The van der Waals surface area contributed by atoms with Crippen LogP contribution in [0.15, 0.2) is 47.7 Å². The van der Waals surface area contributed by atoms with Crippen molar-refractivity contribution < 1.29 is 9.53 Å². The van der Waals surface area contributed by atoms with Gasteiger partial charge in [0.05, 0.1) is 18.9 Å². The molecule has 0 atom stereocenters. The Labute approximate surface area is 159 Å². The van der Waals surface area contributed by atoms with E-state index in [4.69, 9.17) is 4.74 Å². The number of hydrogen-bond donors (Lipinski definition) is 1. The molecule has 1 amide bonds. The first-order valence-corrected chi connectivity index (χ1v) is 8.73. The number of hydrogen-bond acceptors (Lipinski definition) is 5. The molecule has 1 N–H and O–H groups in total. The monoisotopic (exact) mass is 364 g/mol. The molecule has 3 rings (SSSR count). The summed E-state index contributed by atoms with van der Waals surface area (Å²) in [6, 6.07) is 9.19. The van der Waals surface area contributed by atoms with Gasteiger partial charge in [-0.3, -0.25) is 9.78 Å². The summed E-state index contributed by atoms with van der Waals surface area (Å²) in [5.41, 5.74) is 6.95. The van der Waals surface area contributed by atoms with Crippen molar-refractivity contribution in [3.63, 3.8) is 0 Å². The number of carbonyl (C=O) groups is 1. The first kappa shape index (κ1) is 18.6. The smallest absolute Gasteiger partial charge is 0.289 e. The molecule has 0 spiro atoms. The number of allylic oxidation sites excluding steroid dienone is 1. The van der Waals surface area contributed by atoms with E-state index in [1.54, 1.807) is 37.7 Å². The van der Waals surface area contributed by atoms with Crippen molar-refractivity contribution in [3.05, 3.63) is 59.4 Å². The van der Waals surface area contributed by atoms with Gasteiger partial charge in [-0.05, 0) is 44.5 Å². The summed E-state index contributed by atoms with van der Waals surface area (Å²) >= 11 is 0. The van der Waals surface area contributed by atoms with Crippen molar-refractivity contribution in [3.8, 4) is 5.75 Å². The molecule has 0 fully saturated rings. The van der Waals surface area contributed by atoms with Gasteiger partial charge in [-0.1, -0.05) is 12.1 Å². The predicted octanol–water partition coefficient (Wildman–Crippen LogP) is 3.49. The van der Waals surface area contributed by atoms with Crippen LogP contribution < -0.4 is 15.1 Å². The van der Waals surface area contributed by atoms with Crippen molar-refractivity contribution in [1.82, 2.24) is 10.4 Å². The third-order valence-electron chi connectivity index (χ3n) is 4.84. The Hall–Kier alpha value is -3.15. The Kier molecular flexibility index (Phi) is 4.99. The molecule has 2 aromatic rings. The molecule has 0 bridgehead atoms. The second-order valence-electron chi connectivity index (χ2n) is 7.07. The molecule has 6 nitrogen and oxygen atoms in total. The van der Waals surface area contributed by atoms with Crippen LogP contribution in [0.1, 0.15) is 42.4 Å². The number of pyridine rings is 1. The van der Waals surface area contributed by atoms with Crippen molar-refractivity contribution in [2.75, 3.05) is 19.1 Å². The third-order valence-corrected chi connectivity index (χ3v) is 4.84. The number of methoxy groups -OCH3 is 1. The third kappa shape index (κ3) is 3.69. The van der Waals surface area contributed by atoms with Gasteiger partial charge in [0.15, 0.2) is 0 Å². The number of likely N-dealkylation sites (N-methyl/N-ethyl adjacent to an activating group) is 1. The minimum absolute atomic E-state index is 0.0750. The zero-order valence-corrected chi connectivity index (χ0v) is 16.3. The van der Waals surface area contributed by atoms with E-state index in [0.29, 0.717) is 11.4 Å². The van der Waals surface area contributed by atoms with Crippen LogP contribution in [-0.4, -0.2) is 36.8 Å². The van der Waals surface area contributed by atoms with Crippen LogP contribution in [0, 0.1) is 0 Å². The van der Waals surface area contributed by atoms with Gasteiger partial charge in [-0.25, -0.2) is 5.43 Å². The van der Waals surface area contributed by atoms with Crippen LogP contribution in [0.3, 0.4) is 0 Å². The van der Waals surface area contributed by atoms with E-state index >= 15 is 0 Å². The minimum atomic E-state index is -0.360. The molecule has 1 aliphatic heterocycles. The molecule has 140 valence electrons. The summed E-state index contributed by atoms with van der Waals surface area (Å²) in [4.78, 5) is 18.3. The maximum atomic E-state index is 12.1. The van der Waals surface area contributed by atoms with Crippen LogP contribution in [0.2, 0.25) is 0 Å². The SMILES string of the molecule is COc1cc2c(cc1/C=N\NC(=O)c1ccccn1)C(C)=CC(C)(C)N2C. The van der Waals surface area contributed by atoms with Crippen molar-refractivity contribution in [1.29, 1.82) is 0 Å². The summed E-state index contributed by atoms with van der Waals surface area (Å²) in [5.74, 6) is 0.336. The first-order chi connectivity index (χ1) is 12.8. The topological polar surface area (TPSA) is 66.8 Å². The maximum Gasteiger partial charge on any atom is 0.289 e. The highest BCUT2D eigenvalue weighted by atomic mass is 16.5. The zero-order chi connectivity index (χ0) is 19.6. The van der Waals surface area contributed by atoms with Crippen LogP contribution in [0.25, 0.3) is 5.57 Å². The lowest BCUT2D eigenvalue weighted by molar-refractivity contribution is 0.0950. The first-order valence-electron chi connectivity index (χ1n) is 8.73. The number of rotatable bonds is 4. The van der Waals surface area contributed by atoms with E-state index in [1.165, 1.54) is 5.57 Å². The molecule has 0 saturated heterocycles. The van der Waals surface area contributed by atoms with Crippen LogP contribution in [-0.2, 0) is 0 Å². The lowest BCUT2D eigenvalue weighted by Gasteiger charge is -2.40. The lowest BCUT2D eigenvalue weighted by Crippen LogP contribution is -2.42. The Bertz CT molecular complexity index is 917. The van der Waals surface area contributed by atoms with Gasteiger partial charge in [0.2, 0.25) is 0 Å². The van der Waals surface area contributed by atoms with E-state index in [1.807, 2.05) is 12.1 Å². The molecule has 0 unspecified atom stereocenters. The Balaban J connectivity index is 1.89. The van der Waals surface area contributed by atoms with E-state index in [9.17, 15) is 4.79 Å². The highest BCUT2D eigenvalue weighted by Crippen LogP contribution is 2.40. The fourth-order valence-corrected chi connectivity index (χ4v) is 3.19. The summed E-state index contributed by atoms with van der Waals surface area (Å²) < 4.78 is 5.54. The molecule has 0 aliphatic carbocycles.